The van der Waals surface area contributed by atoms with Gasteiger partial charge >= 0.3 is 5.97 Å². The van der Waals surface area contributed by atoms with E-state index in [1.807, 2.05) is 45.0 Å². The Balaban J connectivity index is 2.06. The van der Waals surface area contributed by atoms with Crippen LogP contribution in [0.4, 0.5) is 5.69 Å². The summed E-state index contributed by atoms with van der Waals surface area (Å²) in [5.74, 6) is 1.04. The molecule has 1 unspecified atom stereocenters. The van der Waals surface area contributed by atoms with Crippen LogP contribution in [0, 0.1) is 0 Å². The number of hydrogen-bond acceptors (Lipinski definition) is 5. The van der Waals surface area contributed by atoms with Gasteiger partial charge in [-0.15, -0.1) is 0 Å². The molecular weight excluding hydrogens is 376 g/mol. The number of nitrogens with one attached hydrogen (secondary N) is 2. The highest BCUT2D eigenvalue weighted by Gasteiger charge is 2.13. The molecule has 0 saturated heterocycles. The van der Waals surface area contributed by atoms with Gasteiger partial charge in [0.25, 0.3) is 0 Å². The van der Waals surface area contributed by atoms with E-state index in [1.54, 1.807) is 18.2 Å². The fraction of sp³-hybridized carbons (Fsp3) is 0.333. The predicted molar refractivity (Wildman–Crippen MR) is 114 cm³/mol. The molecule has 0 aromatic heterocycles. The van der Waals surface area contributed by atoms with Crippen LogP contribution in [-0.4, -0.2) is 31.4 Å². The first-order valence-electron chi connectivity index (χ1n) is 9.13. The Morgan fingerprint density at radius 3 is 2.46 bits per heavy atom. The van der Waals surface area contributed by atoms with Crippen molar-refractivity contribution in [2.24, 2.45) is 0 Å². The maximum atomic E-state index is 11.7. The standard InChI is InChI=1S/C21H26N2O4S/c1-5-26-18-11-10-15(13-19(18)27-6-2)14(3)22-21(28)23-17-9-7-8-16(12-17)20(24)25-4/h7-14H,5-6H2,1-4H3,(H2,22,23,28). The van der Waals surface area contributed by atoms with Crippen molar-refractivity contribution in [3.63, 3.8) is 0 Å². The topological polar surface area (TPSA) is 68.8 Å². The normalized spacial score (nSPS) is 11.3. The molecule has 0 radical (unpaired) electrons. The maximum Gasteiger partial charge on any atom is 0.337 e. The summed E-state index contributed by atoms with van der Waals surface area (Å²) in [5, 5.41) is 6.77. The highest BCUT2D eigenvalue weighted by molar-refractivity contribution is 7.80. The van der Waals surface area contributed by atoms with Crippen LogP contribution in [0.1, 0.15) is 42.7 Å². The number of methoxy groups -OCH3 is 1. The lowest BCUT2D eigenvalue weighted by molar-refractivity contribution is 0.0601. The highest BCUT2D eigenvalue weighted by Crippen LogP contribution is 2.30. The molecule has 28 heavy (non-hydrogen) atoms. The van der Waals surface area contributed by atoms with Crippen molar-refractivity contribution in [3.8, 4) is 11.5 Å². The molecule has 0 aliphatic heterocycles. The van der Waals surface area contributed by atoms with Gasteiger partial charge in [0.05, 0.1) is 31.9 Å². The van der Waals surface area contributed by atoms with Crippen LogP contribution in [0.5, 0.6) is 11.5 Å². The third kappa shape index (κ3) is 5.85. The van der Waals surface area contributed by atoms with Crippen LogP contribution in [0.2, 0.25) is 0 Å². The Morgan fingerprint density at radius 1 is 1.07 bits per heavy atom. The summed E-state index contributed by atoms with van der Waals surface area (Å²) in [6.07, 6.45) is 0. The molecule has 0 bridgehead atoms. The first-order valence-corrected chi connectivity index (χ1v) is 9.54. The van der Waals surface area contributed by atoms with Crippen molar-refractivity contribution in [2.75, 3.05) is 25.6 Å². The number of esters is 1. The van der Waals surface area contributed by atoms with Crippen molar-refractivity contribution < 1.29 is 19.0 Å². The molecule has 2 aromatic rings. The number of benzene rings is 2. The van der Waals surface area contributed by atoms with Crippen molar-refractivity contribution in [2.45, 2.75) is 26.8 Å². The number of anilines is 1. The molecule has 6 nitrogen and oxygen atoms in total. The van der Waals surface area contributed by atoms with Crippen LogP contribution in [0.15, 0.2) is 42.5 Å². The van der Waals surface area contributed by atoms with Gasteiger partial charge in [0.15, 0.2) is 16.6 Å². The molecular formula is C21H26N2O4S. The lowest BCUT2D eigenvalue weighted by Gasteiger charge is -2.19. The van der Waals surface area contributed by atoms with E-state index >= 15 is 0 Å². The third-order valence-corrected chi connectivity index (χ3v) is 4.18. The SMILES string of the molecule is CCOc1ccc(C(C)NC(=S)Nc2cccc(C(=O)OC)c2)cc1OCC. The molecule has 2 aromatic carbocycles. The van der Waals surface area contributed by atoms with Gasteiger partial charge in [0.2, 0.25) is 0 Å². The fourth-order valence-electron chi connectivity index (χ4n) is 2.63. The van der Waals surface area contributed by atoms with E-state index in [2.05, 4.69) is 10.6 Å². The van der Waals surface area contributed by atoms with E-state index < -0.39 is 5.97 Å². The Bertz CT molecular complexity index is 826. The molecule has 2 rings (SSSR count). The maximum absolute atomic E-state index is 11.7. The lowest BCUT2D eigenvalue weighted by atomic mass is 10.1. The Labute approximate surface area is 171 Å². The van der Waals surface area contributed by atoms with E-state index in [1.165, 1.54) is 7.11 Å². The van der Waals surface area contributed by atoms with Crippen molar-refractivity contribution >= 4 is 29.0 Å². The monoisotopic (exact) mass is 402 g/mol. The van der Waals surface area contributed by atoms with Gasteiger partial charge in [-0.1, -0.05) is 12.1 Å². The number of carbonyl (C=O) groups is 1. The molecule has 2 N–H and O–H groups in total. The van der Waals surface area contributed by atoms with Gasteiger partial charge in [-0.3, -0.25) is 0 Å². The molecule has 150 valence electrons. The lowest BCUT2D eigenvalue weighted by Crippen LogP contribution is -2.31. The second-order valence-electron chi connectivity index (χ2n) is 5.96. The summed E-state index contributed by atoms with van der Waals surface area (Å²) in [5.41, 5.74) is 2.17. The van der Waals surface area contributed by atoms with E-state index in [-0.39, 0.29) is 6.04 Å². The Morgan fingerprint density at radius 2 is 1.79 bits per heavy atom. The predicted octanol–water partition coefficient (Wildman–Crippen LogP) is 4.32. The average molecular weight is 403 g/mol. The van der Waals surface area contributed by atoms with Crippen LogP contribution in [-0.2, 0) is 4.74 Å². The zero-order chi connectivity index (χ0) is 20.5. The quantitative estimate of drug-likeness (QED) is 0.503. The van der Waals surface area contributed by atoms with Crippen LogP contribution in [0.25, 0.3) is 0 Å². The minimum absolute atomic E-state index is 0.0568. The van der Waals surface area contributed by atoms with E-state index in [0.717, 1.165) is 11.3 Å². The summed E-state index contributed by atoms with van der Waals surface area (Å²) in [6.45, 7) is 7.01. The first kappa shape index (κ1) is 21.5. The second kappa shape index (κ2) is 10.5. The fourth-order valence-corrected chi connectivity index (χ4v) is 2.92. The van der Waals surface area contributed by atoms with E-state index in [4.69, 9.17) is 26.4 Å². The molecule has 0 fully saturated rings. The molecule has 1 atom stereocenters. The summed E-state index contributed by atoms with van der Waals surface area (Å²) < 4.78 is 16.0. The van der Waals surface area contributed by atoms with Gasteiger partial charge in [0.1, 0.15) is 0 Å². The summed E-state index contributed by atoms with van der Waals surface area (Å²) in [4.78, 5) is 11.7. The van der Waals surface area contributed by atoms with Crippen LogP contribution < -0.4 is 20.1 Å². The number of ether oxygens (including phenoxy) is 3. The number of thiocarbonyl (C=S) groups is 1. The summed E-state index contributed by atoms with van der Waals surface area (Å²) >= 11 is 5.41. The van der Waals surface area contributed by atoms with Crippen molar-refractivity contribution in [1.82, 2.24) is 5.32 Å². The van der Waals surface area contributed by atoms with Crippen LogP contribution >= 0.6 is 12.2 Å². The number of rotatable bonds is 8. The van der Waals surface area contributed by atoms with Gasteiger partial charge in [-0.2, -0.15) is 0 Å². The zero-order valence-electron chi connectivity index (χ0n) is 16.6. The molecule has 0 amide bonds. The molecule has 0 aliphatic carbocycles. The van der Waals surface area contributed by atoms with E-state index in [0.29, 0.717) is 35.3 Å². The minimum atomic E-state index is -0.395. The molecule has 7 heteroatoms. The van der Waals surface area contributed by atoms with Gasteiger partial charge < -0.3 is 24.8 Å². The van der Waals surface area contributed by atoms with E-state index in [9.17, 15) is 4.79 Å². The summed E-state index contributed by atoms with van der Waals surface area (Å²) in [6, 6.07) is 12.7. The smallest absolute Gasteiger partial charge is 0.337 e. The number of carbonyl (C=O) groups excluding carboxylic acids is 1. The summed E-state index contributed by atoms with van der Waals surface area (Å²) in [7, 11) is 1.35. The average Bonchev–Trinajstić information content (AvgIpc) is 2.69. The van der Waals surface area contributed by atoms with Crippen LogP contribution in [0.3, 0.4) is 0 Å². The molecule has 0 heterocycles. The molecule has 0 saturated carbocycles. The Kier molecular flexibility index (Phi) is 8.07. The molecule has 0 spiro atoms. The zero-order valence-corrected chi connectivity index (χ0v) is 17.4. The second-order valence-corrected chi connectivity index (χ2v) is 6.37. The minimum Gasteiger partial charge on any atom is -0.490 e. The first-order chi connectivity index (χ1) is 13.5. The van der Waals surface area contributed by atoms with Gasteiger partial charge in [0, 0.05) is 5.69 Å². The van der Waals surface area contributed by atoms with Gasteiger partial charge in [-0.25, -0.2) is 4.79 Å². The largest absolute Gasteiger partial charge is 0.490 e. The third-order valence-electron chi connectivity index (χ3n) is 3.96. The number of hydrogen-bond donors (Lipinski definition) is 2. The van der Waals surface area contributed by atoms with Gasteiger partial charge in [-0.05, 0) is 68.9 Å². The molecule has 0 aliphatic rings. The Hall–Kier alpha value is -2.80. The van der Waals surface area contributed by atoms with Crippen molar-refractivity contribution in [1.29, 1.82) is 0 Å². The highest BCUT2D eigenvalue weighted by atomic mass is 32.1. The van der Waals surface area contributed by atoms with Crippen molar-refractivity contribution in [3.05, 3.63) is 53.6 Å².